The van der Waals surface area contributed by atoms with Crippen LogP contribution in [0.2, 0.25) is 5.02 Å². The van der Waals surface area contributed by atoms with Crippen LogP contribution in [0.5, 0.6) is 11.6 Å². The molecule has 0 atom stereocenters. The summed E-state index contributed by atoms with van der Waals surface area (Å²) in [5.74, 6) is -0.652. The third kappa shape index (κ3) is 3.00. The van der Waals surface area contributed by atoms with E-state index in [1.165, 1.54) is 12.1 Å². The first-order valence-corrected chi connectivity index (χ1v) is 5.86. The number of rotatable bonds is 3. The quantitative estimate of drug-likeness (QED) is 0.933. The molecule has 1 heterocycles. The summed E-state index contributed by atoms with van der Waals surface area (Å²) in [6.45, 7) is 3.51. The smallest absolute Gasteiger partial charge is 0.339 e. The summed E-state index contributed by atoms with van der Waals surface area (Å²) in [5.41, 5.74) is 1.25. The van der Waals surface area contributed by atoms with Crippen molar-refractivity contribution in [2.45, 2.75) is 13.8 Å². The predicted octanol–water partition coefficient (Wildman–Crippen LogP) is 3.24. The largest absolute Gasteiger partial charge is 0.478 e. The number of halogens is 1. The zero-order valence-corrected chi connectivity index (χ0v) is 11.1. The van der Waals surface area contributed by atoms with E-state index in [1.54, 1.807) is 26.1 Å². The molecule has 98 valence electrons. The maximum atomic E-state index is 11.1. The summed E-state index contributed by atoms with van der Waals surface area (Å²) in [4.78, 5) is 19.4. The highest BCUT2D eigenvalue weighted by atomic mass is 35.5. The summed E-state index contributed by atoms with van der Waals surface area (Å²) in [5, 5.41) is 9.45. The first kappa shape index (κ1) is 13.3. The minimum absolute atomic E-state index is 0.0183. The van der Waals surface area contributed by atoms with Crippen molar-refractivity contribution in [2.24, 2.45) is 0 Å². The fourth-order valence-corrected chi connectivity index (χ4v) is 1.65. The molecule has 1 aromatic heterocycles. The summed E-state index contributed by atoms with van der Waals surface area (Å²) >= 11 is 5.77. The molecule has 2 aromatic rings. The fraction of sp³-hybridized carbons (Fsp3) is 0.154. The highest BCUT2D eigenvalue weighted by Crippen LogP contribution is 2.28. The van der Waals surface area contributed by atoms with Crippen LogP contribution in [0.25, 0.3) is 0 Å². The maximum Gasteiger partial charge on any atom is 0.339 e. The lowest BCUT2D eigenvalue weighted by atomic mass is 10.2. The zero-order chi connectivity index (χ0) is 14.0. The first-order chi connectivity index (χ1) is 8.97. The van der Waals surface area contributed by atoms with E-state index in [-0.39, 0.29) is 17.2 Å². The number of nitrogens with zero attached hydrogens (tertiary/aromatic N) is 2. The Balaban J connectivity index is 2.43. The lowest BCUT2D eigenvalue weighted by Gasteiger charge is -2.10. The number of aromatic carboxylic acids is 1. The highest BCUT2D eigenvalue weighted by Gasteiger charge is 2.14. The summed E-state index contributed by atoms with van der Waals surface area (Å²) < 4.78 is 5.52. The number of ether oxygens (including phenoxy) is 1. The Morgan fingerprint density at radius 2 is 2.11 bits per heavy atom. The zero-order valence-electron chi connectivity index (χ0n) is 10.3. The highest BCUT2D eigenvalue weighted by molar-refractivity contribution is 6.31. The van der Waals surface area contributed by atoms with Gasteiger partial charge in [-0.05, 0) is 32.0 Å². The second-order valence-electron chi connectivity index (χ2n) is 3.95. The van der Waals surface area contributed by atoms with Crippen molar-refractivity contribution in [3.05, 3.63) is 46.4 Å². The average molecular weight is 279 g/mol. The van der Waals surface area contributed by atoms with Gasteiger partial charge in [-0.15, -0.1) is 0 Å². The van der Waals surface area contributed by atoms with Gasteiger partial charge in [0.25, 0.3) is 0 Å². The molecule has 0 spiro atoms. The third-order valence-electron chi connectivity index (χ3n) is 2.41. The molecule has 0 radical (unpaired) electrons. The van der Waals surface area contributed by atoms with Crippen LogP contribution in [0.15, 0.2) is 24.4 Å². The van der Waals surface area contributed by atoms with Crippen LogP contribution in [0.3, 0.4) is 0 Å². The number of carbonyl (C=O) groups is 1. The summed E-state index contributed by atoms with van der Waals surface area (Å²) in [6.07, 6.45) is 1.61. The van der Waals surface area contributed by atoms with Crippen molar-refractivity contribution in [1.82, 2.24) is 9.97 Å². The van der Waals surface area contributed by atoms with E-state index in [0.29, 0.717) is 16.4 Å². The van der Waals surface area contributed by atoms with Crippen LogP contribution in [-0.2, 0) is 0 Å². The van der Waals surface area contributed by atoms with Gasteiger partial charge in [0.15, 0.2) is 0 Å². The Morgan fingerprint density at radius 1 is 1.37 bits per heavy atom. The van der Waals surface area contributed by atoms with Crippen LogP contribution in [0.1, 0.15) is 21.7 Å². The molecule has 0 aliphatic rings. The molecule has 0 unspecified atom stereocenters. The van der Waals surface area contributed by atoms with Gasteiger partial charge >= 0.3 is 5.97 Å². The Morgan fingerprint density at radius 3 is 2.79 bits per heavy atom. The van der Waals surface area contributed by atoms with E-state index in [1.807, 2.05) is 0 Å². The van der Waals surface area contributed by atoms with E-state index in [2.05, 4.69) is 9.97 Å². The van der Waals surface area contributed by atoms with Gasteiger partial charge < -0.3 is 9.84 Å². The van der Waals surface area contributed by atoms with Gasteiger partial charge in [-0.3, -0.25) is 4.98 Å². The van der Waals surface area contributed by atoms with Crippen molar-refractivity contribution in [3.8, 4) is 11.6 Å². The van der Waals surface area contributed by atoms with Crippen LogP contribution >= 0.6 is 11.6 Å². The van der Waals surface area contributed by atoms with Gasteiger partial charge in [0, 0.05) is 11.2 Å². The van der Waals surface area contributed by atoms with Crippen molar-refractivity contribution < 1.29 is 14.6 Å². The van der Waals surface area contributed by atoms with Crippen molar-refractivity contribution in [2.75, 3.05) is 0 Å². The molecule has 0 bridgehead atoms. The number of aromatic nitrogens is 2. The van der Waals surface area contributed by atoms with Crippen LogP contribution in [0, 0.1) is 13.8 Å². The van der Waals surface area contributed by atoms with Crippen molar-refractivity contribution in [1.29, 1.82) is 0 Å². The monoisotopic (exact) mass is 278 g/mol. The molecule has 5 nitrogen and oxygen atoms in total. The van der Waals surface area contributed by atoms with Crippen molar-refractivity contribution >= 4 is 17.6 Å². The van der Waals surface area contributed by atoms with E-state index in [0.717, 1.165) is 0 Å². The Kier molecular flexibility index (Phi) is 3.66. The maximum absolute atomic E-state index is 11.1. The first-order valence-electron chi connectivity index (χ1n) is 5.48. The average Bonchev–Trinajstić information content (AvgIpc) is 2.35. The van der Waals surface area contributed by atoms with Gasteiger partial charge in [-0.1, -0.05) is 11.6 Å². The van der Waals surface area contributed by atoms with Crippen LogP contribution in [0.4, 0.5) is 0 Å². The standard InChI is InChI=1S/C13H11ClN2O3/c1-7-6-15-8(2)12(16-7)19-11-4-3-9(14)5-10(11)13(17)18/h3-6H,1-2H3,(H,17,18). The molecule has 2 rings (SSSR count). The topological polar surface area (TPSA) is 72.3 Å². The number of hydrogen-bond donors (Lipinski definition) is 1. The number of aryl methyl sites for hydroxylation is 2. The Bertz CT molecular complexity index is 644. The minimum atomic E-state index is -1.12. The number of carboxylic acid groups (broad SMARTS) is 1. The molecular formula is C13H11ClN2O3. The fourth-order valence-electron chi connectivity index (χ4n) is 1.47. The predicted molar refractivity (Wildman–Crippen MR) is 70.0 cm³/mol. The molecule has 0 aliphatic carbocycles. The molecule has 0 fully saturated rings. The van der Waals surface area contributed by atoms with Gasteiger partial charge in [0.05, 0.1) is 11.4 Å². The van der Waals surface area contributed by atoms with Gasteiger partial charge in [0.1, 0.15) is 11.3 Å². The summed E-state index contributed by atoms with van der Waals surface area (Å²) in [7, 11) is 0. The molecular weight excluding hydrogens is 268 g/mol. The minimum Gasteiger partial charge on any atom is -0.478 e. The second-order valence-corrected chi connectivity index (χ2v) is 4.39. The summed E-state index contributed by atoms with van der Waals surface area (Å²) in [6, 6.07) is 4.38. The van der Waals surface area contributed by atoms with Gasteiger partial charge in [-0.25, -0.2) is 9.78 Å². The number of benzene rings is 1. The molecule has 0 aliphatic heterocycles. The third-order valence-corrected chi connectivity index (χ3v) is 2.65. The lowest BCUT2D eigenvalue weighted by Crippen LogP contribution is -2.02. The SMILES string of the molecule is Cc1cnc(C)c(Oc2ccc(Cl)cc2C(=O)O)n1. The van der Waals surface area contributed by atoms with Crippen LogP contribution in [-0.4, -0.2) is 21.0 Å². The molecule has 0 saturated carbocycles. The molecule has 19 heavy (non-hydrogen) atoms. The molecule has 6 heteroatoms. The normalized spacial score (nSPS) is 10.3. The van der Waals surface area contributed by atoms with E-state index in [9.17, 15) is 4.79 Å². The van der Waals surface area contributed by atoms with E-state index >= 15 is 0 Å². The Labute approximate surface area is 114 Å². The van der Waals surface area contributed by atoms with Crippen molar-refractivity contribution in [3.63, 3.8) is 0 Å². The van der Waals surface area contributed by atoms with E-state index < -0.39 is 5.97 Å². The number of hydrogen-bond acceptors (Lipinski definition) is 4. The van der Waals surface area contributed by atoms with Gasteiger partial charge in [0.2, 0.25) is 5.88 Å². The van der Waals surface area contributed by atoms with Gasteiger partial charge in [-0.2, -0.15) is 0 Å². The lowest BCUT2D eigenvalue weighted by molar-refractivity contribution is 0.0694. The molecule has 1 N–H and O–H groups in total. The molecule has 0 saturated heterocycles. The molecule has 0 amide bonds. The van der Waals surface area contributed by atoms with E-state index in [4.69, 9.17) is 21.4 Å². The van der Waals surface area contributed by atoms with Crippen LogP contribution < -0.4 is 4.74 Å². The molecule has 1 aromatic carbocycles. The second kappa shape index (κ2) is 5.24. The number of carboxylic acids is 1. The Hall–Kier alpha value is -2.14.